The highest BCUT2D eigenvalue weighted by molar-refractivity contribution is 5.81. The average molecular weight is 393 g/mol. The Balaban J connectivity index is 1.60. The third kappa shape index (κ3) is 4.39. The number of nitrogens with one attached hydrogen (secondary N) is 1. The molecular formula is C22H23N3O4. The molecule has 1 aromatic heterocycles. The number of carbonyl (C=O) groups is 1. The maximum Gasteiger partial charge on any atom is 0.249 e. The van der Waals surface area contributed by atoms with E-state index in [1.165, 1.54) is 0 Å². The van der Waals surface area contributed by atoms with Gasteiger partial charge < -0.3 is 19.3 Å². The van der Waals surface area contributed by atoms with Gasteiger partial charge in [-0.15, -0.1) is 0 Å². The molecule has 2 aromatic carbocycles. The zero-order valence-corrected chi connectivity index (χ0v) is 16.4. The van der Waals surface area contributed by atoms with Gasteiger partial charge in [0.2, 0.25) is 17.6 Å². The monoisotopic (exact) mass is 393 g/mol. The molecule has 1 N–H and O–H groups in total. The molecule has 1 atom stereocenters. The highest BCUT2D eigenvalue weighted by atomic mass is 16.5. The second-order valence-corrected chi connectivity index (χ2v) is 7.05. The van der Waals surface area contributed by atoms with Gasteiger partial charge >= 0.3 is 0 Å². The van der Waals surface area contributed by atoms with E-state index < -0.39 is 0 Å². The van der Waals surface area contributed by atoms with Gasteiger partial charge in [0.1, 0.15) is 6.04 Å². The molecule has 0 unspecified atom stereocenters. The fraction of sp³-hybridized carbons (Fsp3) is 0.318. The van der Waals surface area contributed by atoms with Crippen LogP contribution in [0, 0.1) is 5.92 Å². The number of carbonyl (C=O) groups excluding carboxylic acids is 1. The molecular weight excluding hydrogens is 370 g/mol. The first-order valence-electron chi connectivity index (χ1n) is 9.58. The summed E-state index contributed by atoms with van der Waals surface area (Å²) in [6.45, 7) is 0. The Morgan fingerprint density at radius 3 is 2.59 bits per heavy atom. The summed E-state index contributed by atoms with van der Waals surface area (Å²) in [7, 11) is 3.16. The molecule has 1 aliphatic rings. The van der Waals surface area contributed by atoms with Gasteiger partial charge in [-0.2, -0.15) is 4.98 Å². The van der Waals surface area contributed by atoms with Crippen molar-refractivity contribution in [2.24, 2.45) is 5.92 Å². The van der Waals surface area contributed by atoms with Crippen LogP contribution in [0.3, 0.4) is 0 Å². The Hall–Kier alpha value is -3.35. The minimum Gasteiger partial charge on any atom is -0.493 e. The predicted molar refractivity (Wildman–Crippen MR) is 107 cm³/mol. The van der Waals surface area contributed by atoms with Crippen molar-refractivity contribution in [3.05, 3.63) is 60.0 Å². The molecule has 0 bridgehead atoms. The van der Waals surface area contributed by atoms with E-state index in [1.54, 1.807) is 26.4 Å². The normalized spacial score (nSPS) is 14.3. The predicted octanol–water partition coefficient (Wildman–Crippen LogP) is 3.56. The Kier molecular flexibility index (Phi) is 5.46. The molecule has 0 spiro atoms. The summed E-state index contributed by atoms with van der Waals surface area (Å²) in [5, 5.41) is 7.18. The van der Waals surface area contributed by atoms with Gasteiger partial charge in [0.15, 0.2) is 11.5 Å². The minimum absolute atomic E-state index is 0.0387. The maximum atomic E-state index is 12.4. The molecule has 150 valence electrons. The largest absolute Gasteiger partial charge is 0.493 e. The molecule has 1 amide bonds. The van der Waals surface area contributed by atoms with Crippen molar-refractivity contribution in [1.82, 2.24) is 15.5 Å². The minimum atomic E-state index is -0.383. The van der Waals surface area contributed by atoms with Crippen molar-refractivity contribution in [1.29, 1.82) is 0 Å². The van der Waals surface area contributed by atoms with Crippen molar-refractivity contribution in [3.63, 3.8) is 0 Å². The Morgan fingerprint density at radius 2 is 1.90 bits per heavy atom. The standard InChI is InChI=1S/C22H23N3O4/c1-27-18-11-10-16(13-19(18)28-2)20-24-22(29-25-20)17(23-21(26)15-8-9-15)12-14-6-4-3-5-7-14/h3-7,10-11,13,15,17H,8-9,12H2,1-2H3,(H,23,26)/t17-/m1/s1. The molecule has 7 nitrogen and oxygen atoms in total. The van der Waals surface area contributed by atoms with E-state index in [2.05, 4.69) is 15.5 Å². The maximum absolute atomic E-state index is 12.4. The number of rotatable bonds is 8. The van der Waals surface area contributed by atoms with Crippen molar-refractivity contribution < 1.29 is 18.8 Å². The molecule has 0 saturated heterocycles. The third-order valence-electron chi connectivity index (χ3n) is 4.93. The summed E-state index contributed by atoms with van der Waals surface area (Å²) >= 11 is 0. The van der Waals surface area contributed by atoms with E-state index in [0.717, 1.165) is 24.0 Å². The van der Waals surface area contributed by atoms with E-state index >= 15 is 0 Å². The molecule has 4 rings (SSSR count). The molecule has 1 heterocycles. The summed E-state index contributed by atoms with van der Waals surface area (Å²) in [6.07, 6.45) is 2.45. The number of hydrogen-bond acceptors (Lipinski definition) is 6. The molecule has 3 aromatic rings. The van der Waals surface area contributed by atoms with Gasteiger partial charge in [0.25, 0.3) is 0 Å². The quantitative estimate of drug-likeness (QED) is 0.630. The lowest BCUT2D eigenvalue weighted by molar-refractivity contribution is -0.123. The third-order valence-corrected chi connectivity index (χ3v) is 4.93. The van der Waals surface area contributed by atoms with Gasteiger partial charge in [-0.25, -0.2) is 0 Å². The van der Waals surface area contributed by atoms with E-state index in [4.69, 9.17) is 14.0 Å². The Bertz CT molecular complexity index is 983. The molecule has 7 heteroatoms. The van der Waals surface area contributed by atoms with Gasteiger partial charge in [-0.05, 0) is 36.6 Å². The molecule has 0 aliphatic heterocycles. The number of aromatic nitrogens is 2. The van der Waals surface area contributed by atoms with Crippen LogP contribution in [-0.4, -0.2) is 30.3 Å². The number of methoxy groups -OCH3 is 2. The first-order valence-corrected chi connectivity index (χ1v) is 9.58. The molecule has 0 radical (unpaired) electrons. The number of amides is 1. The first kappa shape index (κ1) is 19.0. The number of nitrogens with zero attached hydrogens (tertiary/aromatic N) is 2. The fourth-order valence-electron chi connectivity index (χ4n) is 3.15. The topological polar surface area (TPSA) is 86.5 Å². The molecule has 1 fully saturated rings. The Labute approximate surface area is 169 Å². The SMILES string of the molecule is COc1ccc(-c2noc([C@@H](Cc3ccccc3)NC(=O)C3CC3)n2)cc1OC. The van der Waals surface area contributed by atoms with Crippen LogP contribution in [0.5, 0.6) is 11.5 Å². The zero-order chi connectivity index (χ0) is 20.2. The summed E-state index contributed by atoms with van der Waals surface area (Å²) in [5.74, 6) is 2.16. The van der Waals surface area contributed by atoms with E-state index in [-0.39, 0.29) is 17.9 Å². The van der Waals surface area contributed by atoms with Crippen molar-refractivity contribution in [3.8, 4) is 22.9 Å². The lowest BCUT2D eigenvalue weighted by Crippen LogP contribution is -2.31. The summed E-state index contributed by atoms with van der Waals surface area (Å²) in [6, 6.07) is 15.0. The number of ether oxygens (including phenoxy) is 2. The van der Waals surface area contributed by atoms with Crippen LogP contribution in [0.25, 0.3) is 11.4 Å². The lowest BCUT2D eigenvalue weighted by Gasteiger charge is -2.15. The molecule has 1 saturated carbocycles. The van der Waals surface area contributed by atoms with Crippen molar-refractivity contribution in [2.45, 2.75) is 25.3 Å². The average Bonchev–Trinajstić information content (AvgIpc) is 3.50. The van der Waals surface area contributed by atoms with Gasteiger partial charge in [-0.1, -0.05) is 35.5 Å². The van der Waals surface area contributed by atoms with E-state index in [9.17, 15) is 4.79 Å². The zero-order valence-electron chi connectivity index (χ0n) is 16.4. The van der Waals surface area contributed by atoms with Crippen molar-refractivity contribution >= 4 is 5.91 Å². The van der Waals surface area contributed by atoms with Gasteiger partial charge in [0.05, 0.1) is 14.2 Å². The van der Waals surface area contributed by atoms with Crippen LogP contribution in [0.4, 0.5) is 0 Å². The highest BCUT2D eigenvalue weighted by Crippen LogP contribution is 2.33. The summed E-state index contributed by atoms with van der Waals surface area (Å²) < 4.78 is 16.2. The fourth-order valence-corrected chi connectivity index (χ4v) is 3.15. The second-order valence-electron chi connectivity index (χ2n) is 7.05. The van der Waals surface area contributed by atoms with Crippen LogP contribution in [0.15, 0.2) is 53.1 Å². The van der Waals surface area contributed by atoms with Gasteiger partial charge in [0, 0.05) is 17.9 Å². The summed E-state index contributed by atoms with van der Waals surface area (Å²) in [5.41, 5.74) is 1.82. The number of hydrogen-bond donors (Lipinski definition) is 1. The first-order chi connectivity index (χ1) is 14.2. The summed E-state index contributed by atoms with van der Waals surface area (Å²) in [4.78, 5) is 16.9. The smallest absolute Gasteiger partial charge is 0.249 e. The molecule has 29 heavy (non-hydrogen) atoms. The van der Waals surface area contributed by atoms with Crippen molar-refractivity contribution in [2.75, 3.05) is 14.2 Å². The van der Waals surface area contributed by atoms with Crippen LogP contribution in [0.2, 0.25) is 0 Å². The van der Waals surface area contributed by atoms with Crippen LogP contribution in [-0.2, 0) is 11.2 Å². The molecule has 1 aliphatic carbocycles. The highest BCUT2D eigenvalue weighted by Gasteiger charge is 2.32. The lowest BCUT2D eigenvalue weighted by atomic mass is 10.1. The van der Waals surface area contributed by atoms with E-state index in [1.807, 2.05) is 36.4 Å². The second kappa shape index (κ2) is 8.34. The van der Waals surface area contributed by atoms with E-state index in [0.29, 0.717) is 29.6 Å². The van der Waals surface area contributed by atoms with Gasteiger partial charge in [-0.3, -0.25) is 4.79 Å². The van der Waals surface area contributed by atoms with Crippen LogP contribution >= 0.6 is 0 Å². The van der Waals surface area contributed by atoms with Crippen LogP contribution < -0.4 is 14.8 Å². The Morgan fingerprint density at radius 1 is 1.14 bits per heavy atom. The number of benzene rings is 2. The van der Waals surface area contributed by atoms with Crippen LogP contribution in [0.1, 0.15) is 30.3 Å².